The van der Waals surface area contributed by atoms with E-state index in [4.69, 9.17) is 0 Å². The standard InChI is InChI=1S/C16H17BrN2O2/c1-10-6-14(7-11(2)15(10)17)19-9-13-5-4-12(8-18-13)16(20)21-3/h4-8,19H,9H2,1-3H3. The maximum atomic E-state index is 11.3. The van der Waals surface area contributed by atoms with Crippen LogP contribution in [0.4, 0.5) is 5.69 Å². The van der Waals surface area contributed by atoms with Crippen LogP contribution in [0.15, 0.2) is 34.9 Å². The summed E-state index contributed by atoms with van der Waals surface area (Å²) < 4.78 is 5.78. The number of carbonyl (C=O) groups is 1. The lowest BCUT2D eigenvalue weighted by Gasteiger charge is -2.10. The van der Waals surface area contributed by atoms with Gasteiger partial charge in [-0.1, -0.05) is 15.9 Å². The summed E-state index contributed by atoms with van der Waals surface area (Å²) >= 11 is 3.55. The average Bonchev–Trinajstić information content (AvgIpc) is 2.50. The number of anilines is 1. The summed E-state index contributed by atoms with van der Waals surface area (Å²) in [6.07, 6.45) is 1.53. The molecule has 1 aromatic carbocycles. The molecule has 0 aliphatic rings. The molecule has 5 heteroatoms. The number of esters is 1. The van der Waals surface area contributed by atoms with Gasteiger partial charge in [0.05, 0.1) is 24.9 Å². The highest BCUT2D eigenvalue weighted by atomic mass is 79.9. The van der Waals surface area contributed by atoms with Crippen molar-refractivity contribution in [1.82, 2.24) is 4.98 Å². The number of aromatic nitrogens is 1. The second-order valence-electron chi connectivity index (χ2n) is 4.81. The molecular weight excluding hydrogens is 332 g/mol. The molecule has 1 aromatic heterocycles. The van der Waals surface area contributed by atoms with Crippen LogP contribution in [0, 0.1) is 13.8 Å². The van der Waals surface area contributed by atoms with Gasteiger partial charge in [-0.15, -0.1) is 0 Å². The van der Waals surface area contributed by atoms with E-state index in [1.807, 2.05) is 6.07 Å². The van der Waals surface area contributed by atoms with Crippen LogP contribution in [-0.4, -0.2) is 18.1 Å². The predicted molar refractivity (Wildman–Crippen MR) is 86.5 cm³/mol. The number of methoxy groups -OCH3 is 1. The number of pyridine rings is 1. The van der Waals surface area contributed by atoms with E-state index in [9.17, 15) is 4.79 Å². The van der Waals surface area contributed by atoms with Crippen molar-refractivity contribution in [2.45, 2.75) is 20.4 Å². The first-order valence-electron chi connectivity index (χ1n) is 6.55. The van der Waals surface area contributed by atoms with Gasteiger partial charge in [-0.05, 0) is 49.2 Å². The van der Waals surface area contributed by atoms with Crippen molar-refractivity contribution in [2.24, 2.45) is 0 Å². The SMILES string of the molecule is COC(=O)c1ccc(CNc2cc(C)c(Br)c(C)c2)nc1. The number of rotatable bonds is 4. The molecule has 1 heterocycles. The molecule has 21 heavy (non-hydrogen) atoms. The minimum Gasteiger partial charge on any atom is -0.465 e. The summed E-state index contributed by atoms with van der Waals surface area (Å²) in [4.78, 5) is 15.6. The highest BCUT2D eigenvalue weighted by molar-refractivity contribution is 9.10. The molecule has 2 aromatic rings. The quantitative estimate of drug-likeness (QED) is 0.852. The Morgan fingerprint density at radius 1 is 1.29 bits per heavy atom. The van der Waals surface area contributed by atoms with Crippen molar-refractivity contribution < 1.29 is 9.53 Å². The predicted octanol–water partition coefficient (Wildman–Crippen LogP) is 3.86. The molecule has 0 radical (unpaired) electrons. The van der Waals surface area contributed by atoms with Crippen molar-refractivity contribution in [2.75, 3.05) is 12.4 Å². The fourth-order valence-corrected chi connectivity index (χ4v) is 2.24. The third-order valence-electron chi connectivity index (χ3n) is 3.16. The fraction of sp³-hybridized carbons (Fsp3) is 0.250. The van der Waals surface area contributed by atoms with Crippen LogP contribution in [0.25, 0.3) is 0 Å². The maximum absolute atomic E-state index is 11.3. The summed E-state index contributed by atoms with van der Waals surface area (Å²) in [5, 5.41) is 3.33. The Kier molecular flexibility index (Phi) is 4.96. The molecule has 0 bridgehead atoms. The maximum Gasteiger partial charge on any atom is 0.339 e. The average molecular weight is 349 g/mol. The lowest BCUT2D eigenvalue weighted by atomic mass is 10.1. The molecule has 2 rings (SSSR count). The Hall–Kier alpha value is -1.88. The van der Waals surface area contributed by atoms with Crippen molar-refractivity contribution >= 4 is 27.6 Å². The first-order chi connectivity index (χ1) is 10.0. The summed E-state index contributed by atoms with van der Waals surface area (Å²) in [6.45, 7) is 4.72. The van der Waals surface area contributed by atoms with Gasteiger partial charge in [-0.2, -0.15) is 0 Å². The molecule has 110 valence electrons. The van der Waals surface area contributed by atoms with E-state index in [-0.39, 0.29) is 5.97 Å². The summed E-state index contributed by atoms with van der Waals surface area (Å²) in [5.41, 5.74) is 4.74. The van der Waals surface area contributed by atoms with Crippen LogP contribution < -0.4 is 5.32 Å². The van der Waals surface area contributed by atoms with Crippen molar-refractivity contribution in [3.63, 3.8) is 0 Å². The van der Waals surface area contributed by atoms with E-state index in [2.05, 4.69) is 56.9 Å². The Morgan fingerprint density at radius 2 is 1.95 bits per heavy atom. The lowest BCUT2D eigenvalue weighted by Crippen LogP contribution is -2.05. The van der Waals surface area contributed by atoms with Gasteiger partial charge in [0.2, 0.25) is 0 Å². The number of carbonyl (C=O) groups excluding carboxylic acids is 1. The highest BCUT2D eigenvalue weighted by Gasteiger charge is 2.06. The lowest BCUT2D eigenvalue weighted by molar-refractivity contribution is 0.0600. The number of nitrogens with one attached hydrogen (secondary N) is 1. The molecule has 0 saturated carbocycles. The van der Waals surface area contributed by atoms with Crippen molar-refractivity contribution in [3.05, 3.63) is 57.3 Å². The first-order valence-corrected chi connectivity index (χ1v) is 7.34. The van der Waals surface area contributed by atoms with E-state index < -0.39 is 0 Å². The fourth-order valence-electron chi connectivity index (χ4n) is 2.01. The van der Waals surface area contributed by atoms with E-state index >= 15 is 0 Å². The molecule has 0 atom stereocenters. The zero-order chi connectivity index (χ0) is 15.4. The highest BCUT2D eigenvalue weighted by Crippen LogP contribution is 2.25. The van der Waals surface area contributed by atoms with Gasteiger partial charge in [-0.25, -0.2) is 4.79 Å². The van der Waals surface area contributed by atoms with Gasteiger partial charge in [0.15, 0.2) is 0 Å². The molecule has 1 N–H and O–H groups in total. The monoisotopic (exact) mass is 348 g/mol. The topological polar surface area (TPSA) is 51.2 Å². The van der Waals surface area contributed by atoms with E-state index in [1.165, 1.54) is 24.4 Å². The third kappa shape index (κ3) is 3.82. The minimum atomic E-state index is -0.374. The Labute approximate surface area is 132 Å². The Morgan fingerprint density at radius 3 is 2.48 bits per heavy atom. The first kappa shape index (κ1) is 15.5. The molecule has 0 aliphatic carbocycles. The number of halogens is 1. The normalized spacial score (nSPS) is 10.3. The zero-order valence-corrected chi connectivity index (χ0v) is 13.8. The van der Waals surface area contributed by atoms with E-state index in [0.717, 1.165) is 15.9 Å². The van der Waals surface area contributed by atoms with Gasteiger partial charge in [0.25, 0.3) is 0 Å². The van der Waals surface area contributed by atoms with Crippen LogP contribution in [-0.2, 0) is 11.3 Å². The second kappa shape index (κ2) is 6.72. The molecule has 0 amide bonds. The molecule has 0 spiro atoms. The minimum absolute atomic E-state index is 0.374. The molecule has 0 fully saturated rings. The van der Waals surface area contributed by atoms with Gasteiger partial charge < -0.3 is 10.1 Å². The summed E-state index contributed by atoms with van der Waals surface area (Å²) in [6, 6.07) is 7.70. The molecule has 0 unspecified atom stereocenters. The third-order valence-corrected chi connectivity index (χ3v) is 4.41. The van der Waals surface area contributed by atoms with Gasteiger partial charge in [0.1, 0.15) is 0 Å². The number of benzene rings is 1. The Balaban J connectivity index is 2.05. The van der Waals surface area contributed by atoms with Crippen LogP contribution in [0.1, 0.15) is 27.2 Å². The number of hydrogen-bond acceptors (Lipinski definition) is 4. The van der Waals surface area contributed by atoms with Gasteiger partial charge in [0, 0.05) is 16.4 Å². The second-order valence-corrected chi connectivity index (χ2v) is 5.60. The van der Waals surface area contributed by atoms with Crippen molar-refractivity contribution in [3.8, 4) is 0 Å². The number of hydrogen-bond donors (Lipinski definition) is 1. The van der Waals surface area contributed by atoms with Gasteiger partial charge >= 0.3 is 5.97 Å². The number of ether oxygens (including phenoxy) is 1. The van der Waals surface area contributed by atoms with Crippen molar-refractivity contribution in [1.29, 1.82) is 0 Å². The van der Waals surface area contributed by atoms with Crippen LogP contribution in [0.2, 0.25) is 0 Å². The summed E-state index contributed by atoms with van der Waals surface area (Å²) in [7, 11) is 1.36. The van der Waals surface area contributed by atoms with E-state index in [1.54, 1.807) is 6.07 Å². The largest absolute Gasteiger partial charge is 0.465 e. The Bertz CT molecular complexity index is 631. The molecule has 0 saturated heterocycles. The molecule has 0 aliphatic heterocycles. The van der Waals surface area contributed by atoms with Gasteiger partial charge in [-0.3, -0.25) is 4.98 Å². The zero-order valence-electron chi connectivity index (χ0n) is 12.2. The van der Waals surface area contributed by atoms with Crippen LogP contribution >= 0.6 is 15.9 Å². The smallest absolute Gasteiger partial charge is 0.339 e. The van der Waals surface area contributed by atoms with Crippen LogP contribution in [0.3, 0.4) is 0 Å². The molecular formula is C16H17BrN2O2. The number of nitrogens with zero attached hydrogens (tertiary/aromatic N) is 1. The summed E-state index contributed by atoms with van der Waals surface area (Å²) in [5.74, 6) is -0.374. The number of aryl methyl sites for hydroxylation is 2. The van der Waals surface area contributed by atoms with Crippen LogP contribution in [0.5, 0.6) is 0 Å². The van der Waals surface area contributed by atoms with E-state index in [0.29, 0.717) is 12.1 Å². The molecule has 4 nitrogen and oxygen atoms in total.